The van der Waals surface area contributed by atoms with Gasteiger partial charge in [0.1, 0.15) is 0 Å². The molecule has 0 radical (unpaired) electrons. The zero-order valence-electron chi connectivity index (χ0n) is 10.6. The van der Waals surface area contributed by atoms with E-state index in [1.165, 1.54) is 11.1 Å². The van der Waals surface area contributed by atoms with Gasteiger partial charge in [0.05, 0.1) is 0 Å². The lowest BCUT2D eigenvalue weighted by atomic mass is 10.1. The molecule has 2 rings (SSSR count). The minimum atomic E-state index is 0.285. The van der Waals surface area contributed by atoms with Crippen molar-refractivity contribution in [3.05, 3.63) is 64.4 Å². The fourth-order valence-corrected chi connectivity index (χ4v) is 2.39. The zero-order valence-corrected chi connectivity index (χ0v) is 12.2. The van der Waals surface area contributed by atoms with Crippen molar-refractivity contribution in [2.24, 2.45) is 0 Å². The Morgan fingerprint density at radius 2 is 1.78 bits per heavy atom. The molecule has 0 bridgehead atoms. The van der Waals surface area contributed by atoms with Crippen molar-refractivity contribution in [2.75, 3.05) is 0 Å². The van der Waals surface area contributed by atoms with Crippen LogP contribution >= 0.6 is 15.9 Å². The lowest BCUT2D eigenvalue weighted by Crippen LogP contribution is -2.22. The average molecular weight is 305 g/mol. The Bertz CT molecular complexity index is 499. The van der Waals surface area contributed by atoms with Crippen LogP contribution in [-0.4, -0.2) is 4.98 Å². The molecular weight excluding hydrogens is 288 g/mol. The van der Waals surface area contributed by atoms with Gasteiger partial charge in [0, 0.05) is 29.0 Å². The fraction of sp³-hybridized carbons (Fsp3) is 0.267. The summed E-state index contributed by atoms with van der Waals surface area (Å²) in [5.74, 6) is 0. The second-order valence-electron chi connectivity index (χ2n) is 4.45. The molecule has 0 amide bonds. The maximum Gasteiger partial charge on any atom is 0.0315 e. The standard InChI is InChI=1S/C15H17BrN2/c1-11(13-5-3-7-15(16)9-13)18-12(2)14-6-4-8-17-10-14/h3-12,18H,1-2H3/t11?,12-/m1/s1. The van der Waals surface area contributed by atoms with Gasteiger partial charge in [-0.15, -0.1) is 0 Å². The summed E-state index contributed by atoms with van der Waals surface area (Å²) in [5.41, 5.74) is 2.49. The van der Waals surface area contributed by atoms with Gasteiger partial charge in [-0.3, -0.25) is 4.98 Å². The maximum absolute atomic E-state index is 4.15. The van der Waals surface area contributed by atoms with Gasteiger partial charge in [-0.1, -0.05) is 34.1 Å². The molecule has 0 saturated heterocycles. The van der Waals surface area contributed by atoms with E-state index in [4.69, 9.17) is 0 Å². The van der Waals surface area contributed by atoms with E-state index < -0.39 is 0 Å². The molecule has 94 valence electrons. The van der Waals surface area contributed by atoms with Crippen molar-refractivity contribution >= 4 is 15.9 Å². The third-order valence-corrected chi connectivity index (χ3v) is 3.53. The molecule has 2 atom stereocenters. The molecule has 3 heteroatoms. The normalized spacial score (nSPS) is 14.2. The first-order chi connectivity index (χ1) is 8.66. The van der Waals surface area contributed by atoms with E-state index in [1.807, 2.05) is 18.3 Å². The summed E-state index contributed by atoms with van der Waals surface area (Å²) in [6.45, 7) is 4.33. The minimum absolute atomic E-state index is 0.285. The zero-order chi connectivity index (χ0) is 13.0. The van der Waals surface area contributed by atoms with Gasteiger partial charge < -0.3 is 5.32 Å². The van der Waals surface area contributed by atoms with Crippen LogP contribution in [0, 0.1) is 0 Å². The molecule has 1 aromatic carbocycles. The van der Waals surface area contributed by atoms with Crippen molar-refractivity contribution < 1.29 is 0 Å². The fourth-order valence-electron chi connectivity index (χ4n) is 1.98. The van der Waals surface area contributed by atoms with Gasteiger partial charge in [0.2, 0.25) is 0 Å². The highest BCUT2D eigenvalue weighted by Crippen LogP contribution is 2.21. The topological polar surface area (TPSA) is 24.9 Å². The van der Waals surface area contributed by atoms with Crippen LogP contribution in [-0.2, 0) is 0 Å². The number of halogens is 1. The van der Waals surface area contributed by atoms with Crippen molar-refractivity contribution in [3.8, 4) is 0 Å². The molecule has 2 aromatic rings. The minimum Gasteiger partial charge on any atom is -0.304 e. The highest BCUT2D eigenvalue weighted by atomic mass is 79.9. The van der Waals surface area contributed by atoms with Crippen LogP contribution in [0.25, 0.3) is 0 Å². The van der Waals surface area contributed by atoms with Crippen LogP contribution in [0.5, 0.6) is 0 Å². The maximum atomic E-state index is 4.15. The predicted molar refractivity (Wildman–Crippen MR) is 78.3 cm³/mol. The number of hydrogen-bond acceptors (Lipinski definition) is 2. The van der Waals surface area contributed by atoms with Gasteiger partial charge in [0.25, 0.3) is 0 Å². The predicted octanol–water partition coefficient (Wildman–Crippen LogP) is 4.26. The SMILES string of the molecule is CC(N[C@H](C)c1cccnc1)c1cccc(Br)c1. The molecule has 2 nitrogen and oxygen atoms in total. The smallest absolute Gasteiger partial charge is 0.0315 e. The molecule has 1 heterocycles. The Morgan fingerprint density at radius 1 is 1.06 bits per heavy atom. The lowest BCUT2D eigenvalue weighted by molar-refractivity contribution is 0.493. The second kappa shape index (κ2) is 6.12. The van der Waals surface area contributed by atoms with E-state index in [9.17, 15) is 0 Å². The average Bonchev–Trinajstić information content (AvgIpc) is 2.39. The van der Waals surface area contributed by atoms with Crippen LogP contribution in [0.4, 0.5) is 0 Å². The summed E-state index contributed by atoms with van der Waals surface area (Å²) in [6.07, 6.45) is 3.71. The largest absolute Gasteiger partial charge is 0.304 e. The highest BCUT2D eigenvalue weighted by Gasteiger charge is 2.11. The molecule has 0 saturated carbocycles. The monoisotopic (exact) mass is 304 g/mol. The molecular formula is C15H17BrN2. The first-order valence-electron chi connectivity index (χ1n) is 6.08. The van der Waals surface area contributed by atoms with E-state index in [2.05, 4.69) is 64.3 Å². The molecule has 0 fully saturated rings. The Morgan fingerprint density at radius 3 is 2.44 bits per heavy atom. The number of benzene rings is 1. The third kappa shape index (κ3) is 3.40. The summed E-state index contributed by atoms with van der Waals surface area (Å²) in [4.78, 5) is 4.15. The molecule has 0 aliphatic rings. The van der Waals surface area contributed by atoms with E-state index in [-0.39, 0.29) is 6.04 Å². The Balaban J connectivity index is 2.05. The van der Waals surface area contributed by atoms with E-state index >= 15 is 0 Å². The van der Waals surface area contributed by atoms with Crippen molar-refractivity contribution in [3.63, 3.8) is 0 Å². The summed E-state index contributed by atoms with van der Waals surface area (Å²) in [7, 11) is 0. The Hall–Kier alpha value is -1.19. The van der Waals surface area contributed by atoms with Gasteiger partial charge in [0.15, 0.2) is 0 Å². The third-order valence-electron chi connectivity index (χ3n) is 3.03. The first-order valence-corrected chi connectivity index (χ1v) is 6.87. The number of hydrogen-bond donors (Lipinski definition) is 1. The summed E-state index contributed by atoms with van der Waals surface area (Å²) in [5, 5.41) is 3.58. The summed E-state index contributed by atoms with van der Waals surface area (Å²) < 4.78 is 1.11. The number of rotatable bonds is 4. The van der Waals surface area contributed by atoms with Crippen LogP contribution in [0.15, 0.2) is 53.3 Å². The molecule has 0 aliphatic carbocycles. The molecule has 1 unspecified atom stereocenters. The second-order valence-corrected chi connectivity index (χ2v) is 5.37. The lowest BCUT2D eigenvalue weighted by Gasteiger charge is -2.20. The Kier molecular flexibility index (Phi) is 4.50. The van der Waals surface area contributed by atoms with Crippen LogP contribution in [0.2, 0.25) is 0 Å². The van der Waals surface area contributed by atoms with Gasteiger partial charge >= 0.3 is 0 Å². The van der Waals surface area contributed by atoms with Crippen molar-refractivity contribution in [1.82, 2.24) is 10.3 Å². The quantitative estimate of drug-likeness (QED) is 0.913. The van der Waals surface area contributed by atoms with Gasteiger partial charge in [-0.25, -0.2) is 0 Å². The summed E-state index contributed by atoms with van der Waals surface area (Å²) >= 11 is 3.50. The van der Waals surface area contributed by atoms with Crippen molar-refractivity contribution in [2.45, 2.75) is 25.9 Å². The van der Waals surface area contributed by atoms with Gasteiger partial charge in [-0.05, 0) is 43.2 Å². The summed E-state index contributed by atoms with van der Waals surface area (Å²) in [6, 6.07) is 13.0. The van der Waals surface area contributed by atoms with Crippen LogP contribution < -0.4 is 5.32 Å². The molecule has 1 aromatic heterocycles. The van der Waals surface area contributed by atoms with E-state index in [0.717, 1.165) is 4.47 Å². The molecule has 0 spiro atoms. The Labute approximate surface area is 117 Å². The number of nitrogens with one attached hydrogen (secondary N) is 1. The van der Waals surface area contributed by atoms with Crippen molar-refractivity contribution in [1.29, 1.82) is 0 Å². The molecule has 0 aliphatic heterocycles. The first kappa shape index (κ1) is 13.2. The molecule has 1 N–H and O–H groups in total. The van der Waals surface area contributed by atoms with E-state index in [1.54, 1.807) is 6.20 Å². The molecule has 18 heavy (non-hydrogen) atoms. The van der Waals surface area contributed by atoms with Crippen LogP contribution in [0.3, 0.4) is 0 Å². The van der Waals surface area contributed by atoms with Crippen LogP contribution in [0.1, 0.15) is 37.1 Å². The number of nitrogens with zero attached hydrogens (tertiary/aromatic N) is 1. The van der Waals surface area contributed by atoms with Gasteiger partial charge in [-0.2, -0.15) is 0 Å². The number of aromatic nitrogens is 1. The van der Waals surface area contributed by atoms with E-state index in [0.29, 0.717) is 6.04 Å². The number of pyridine rings is 1. The highest BCUT2D eigenvalue weighted by molar-refractivity contribution is 9.10.